The number of aromatic amines is 1. The molecule has 3 heterocycles. The Morgan fingerprint density at radius 3 is 2.22 bits per heavy atom. The van der Waals surface area contributed by atoms with E-state index >= 15 is 0 Å². The molecule has 1 atom stereocenters. The molecule has 2 aromatic heterocycles. The van der Waals surface area contributed by atoms with E-state index in [4.69, 9.17) is 0 Å². The highest BCUT2D eigenvalue weighted by atomic mass is 16.1. The first-order chi connectivity index (χ1) is 18.1. The van der Waals surface area contributed by atoms with Crippen molar-refractivity contribution in [3.8, 4) is 0 Å². The molecule has 2 saturated carbocycles. The molecular formula is C29H41N7O. The summed E-state index contributed by atoms with van der Waals surface area (Å²) in [7, 11) is 0. The number of H-pyrrole nitrogens is 1. The van der Waals surface area contributed by atoms with Crippen molar-refractivity contribution in [2.75, 3.05) is 26.2 Å². The molecule has 1 aromatic carbocycles. The highest BCUT2D eigenvalue weighted by Crippen LogP contribution is 2.34. The van der Waals surface area contributed by atoms with Gasteiger partial charge in [0, 0.05) is 43.2 Å². The first-order valence-electron chi connectivity index (χ1n) is 14.5. The van der Waals surface area contributed by atoms with Gasteiger partial charge in [0.25, 0.3) is 5.56 Å². The SMILES string of the molecule is Cc1ccc(C)c2[nH]c(=O)c(C(c3nnnn3C3CCCCC3)N3CCN(C4CCCCC4)CC3)cc12. The number of nitrogens with zero attached hydrogens (tertiary/aromatic N) is 6. The average Bonchev–Trinajstić information content (AvgIpc) is 3.42. The largest absolute Gasteiger partial charge is 0.321 e. The average molecular weight is 504 g/mol. The summed E-state index contributed by atoms with van der Waals surface area (Å²) in [6.45, 7) is 8.09. The van der Waals surface area contributed by atoms with E-state index in [0.29, 0.717) is 6.04 Å². The van der Waals surface area contributed by atoms with Crippen LogP contribution in [0.25, 0.3) is 10.9 Å². The molecule has 1 unspecified atom stereocenters. The maximum Gasteiger partial charge on any atom is 0.253 e. The molecular weight excluding hydrogens is 462 g/mol. The highest BCUT2D eigenvalue weighted by molar-refractivity contribution is 5.85. The minimum atomic E-state index is -0.251. The fourth-order valence-electron chi connectivity index (χ4n) is 7.07. The normalized spacial score (nSPS) is 22.0. The predicted octanol–water partition coefficient (Wildman–Crippen LogP) is 4.68. The van der Waals surface area contributed by atoms with E-state index in [9.17, 15) is 4.79 Å². The second-order valence-electron chi connectivity index (χ2n) is 11.6. The first kappa shape index (κ1) is 24.7. The van der Waals surface area contributed by atoms with Gasteiger partial charge in [0.2, 0.25) is 0 Å². The third-order valence-electron chi connectivity index (χ3n) is 9.26. The van der Waals surface area contributed by atoms with Crippen molar-refractivity contribution in [3.63, 3.8) is 0 Å². The number of rotatable bonds is 5. The zero-order chi connectivity index (χ0) is 25.4. The summed E-state index contributed by atoms with van der Waals surface area (Å²) in [4.78, 5) is 22.1. The summed E-state index contributed by atoms with van der Waals surface area (Å²) < 4.78 is 2.06. The molecule has 3 fully saturated rings. The Balaban J connectivity index is 1.39. The van der Waals surface area contributed by atoms with Crippen molar-refractivity contribution in [2.45, 2.75) is 96.2 Å². The Labute approximate surface area is 219 Å². The number of hydrogen-bond donors (Lipinski definition) is 1. The second kappa shape index (κ2) is 10.7. The molecule has 0 bridgehead atoms. The van der Waals surface area contributed by atoms with Gasteiger partial charge in [0.05, 0.1) is 11.6 Å². The summed E-state index contributed by atoms with van der Waals surface area (Å²) in [5.41, 5.74) is 3.93. The highest BCUT2D eigenvalue weighted by Gasteiger charge is 2.35. The molecule has 8 nitrogen and oxygen atoms in total. The Morgan fingerprint density at radius 2 is 1.51 bits per heavy atom. The van der Waals surface area contributed by atoms with Gasteiger partial charge in [0.1, 0.15) is 6.04 Å². The van der Waals surface area contributed by atoms with Gasteiger partial charge in [-0.2, -0.15) is 0 Å². The molecule has 3 aliphatic rings. The van der Waals surface area contributed by atoms with Crippen molar-refractivity contribution in [1.29, 1.82) is 0 Å². The molecule has 1 N–H and O–H groups in total. The van der Waals surface area contributed by atoms with Gasteiger partial charge in [-0.05, 0) is 67.2 Å². The van der Waals surface area contributed by atoms with Gasteiger partial charge in [-0.1, -0.05) is 50.7 Å². The van der Waals surface area contributed by atoms with Crippen LogP contribution in [0.1, 0.15) is 98.8 Å². The van der Waals surface area contributed by atoms with Crippen LogP contribution in [0.15, 0.2) is 23.0 Å². The molecule has 3 aromatic rings. The number of fused-ring (bicyclic) bond motifs is 1. The molecule has 2 aliphatic carbocycles. The van der Waals surface area contributed by atoms with Gasteiger partial charge in [-0.25, -0.2) is 4.68 Å². The van der Waals surface area contributed by atoms with Crippen molar-refractivity contribution in [2.24, 2.45) is 0 Å². The number of aryl methyl sites for hydroxylation is 2. The van der Waals surface area contributed by atoms with Crippen LogP contribution in [0, 0.1) is 13.8 Å². The van der Waals surface area contributed by atoms with Gasteiger partial charge in [0.15, 0.2) is 5.82 Å². The number of hydrogen-bond acceptors (Lipinski definition) is 6. The van der Waals surface area contributed by atoms with Crippen molar-refractivity contribution in [3.05, 3.63) is 51.1 Å². The lowest BCUT2D eigenvalue weighted by Gasteiger charge is -2.43. The smallest absolute Gasteiger partial charge is 0.253 e. The Morgan fingerprint density at radius 1 is 0.865 bits per heavy atom. The van der Waals surface area contributed by atoms with E-state index in [2.05, 4.69) is 67.0 Å². The third-order valence-corrected chi connectivity index (χ3v) is 9.26. The number of nitrogens with one attached hydrogen (secondary N) is 1. The van der Waals surface area contributed by atoms with Crippen LogP contribution < -0.4 is 5.56 Å². The maximum atomic E-state index is 13.7. The van der Waals surface area contributed by atoms with Crippen molar-refractivity contribution >= 4 is 10.9 Å². The number of piperazine rings is 1. The summed E-state index contributed by atoms with van der Waals surface area (Å²) in [6.07, 6.45) is 12.7. The van der Waals surface area contributed by atoms with E-state index in [1.54, 1.807) is 0 Å². The van der Waals surface area contributed by atoms with Crippen molar-refractivity contribution < 1.29 is 0 Å². The molecule has 1 saturated heterocycles. The fourth-order valence-corrected chi connectivity index (χ4v) is 7.07. The van der Waals surface area contributed by atoms with Crippen LogP contribution in [0.4, 0.5) is 0 Å². The molecule has 0 amide bonds. The van der Waals surface area contributed by atoms with Crippen LogP contribution in [-0.4, -0.2) is 67.2 Å². The third kappa shape index (κ3) is 4.86. The van der Waals surface area contributed by atoms with E-state index in [0.717, 1.165) is 72.9 Å². The summed E-state index contributed by atoms with van der Waals surface area (Å²) in [5.74, 6) is 0.827. The molecule has 0 radical (unpaired) electrons. The molecule has 37 heavy (non-hydrogen) atoms. The first-order valence-corrected chi connectivity index (χ1v) is 14.5. The van der Waals surface area contributed by atoms with Gasteiger partial charge >= 0.3 is 0 Å². The number of benzene rings is 1. The number of pyridine rings is 1. The molecule has 8 heteroatoms. The monoisotopic (exact) mass is 503 g/mol. The van der Waals surface area contributed by atoms with Crippen LogP contribution in [0.3, 0.4) is 0 Å². The topological polar surface area (TPSA) is 82.9 Å². The molecule has 0 spiro atoms. The lowest BCUT2D eigenvalue weighted by molar-refractivity contribution is 0.0610. The quantitative estimate of drug-likeness (QED) is 0.545. The van der Waals surface area contributed by atoms with Gasteiger partial charge < -0.3 is 4.98 Å². The van der Waals surface area contributed by atoms with Crippen LogP contribution in [-0.2, 0) is 0 Å². The summed E-state index contributed by atoms with van der Waals surface area (Å²) >= 11 is 0. The lowest BCUT2D eigenvalue weighted by atomic mass is 9.93. The van der Waals surface area contributed by atoms with E-state index in [1.165, 1.54) is 56.9 Å². The fraction of sp³-hybridized carbons (Fsp3) is 0.655. The van der Waals surface area contributed by atoms with Gasteiger partial charge in [-0.15, -0.1) is 5.10 Å². The summed E-state index contributed by atoms with van der Waals surface area (Å²) in [6, 6.07) is 7.13. The van der Waals surface area contributed by atoms with Crippen LogP contribution in [0.5, 0.6) is 0 Å². The van der Waals surface area contributed by atoms with E-state index in [1.807, 2.05) is 0 Å². The Hall–Kier alpha value is -2.58. The zero-order valence-corrected chi connectivity index (χ0v) is 22.5. The minimum Gasteiger partial charge on any atom is -0.321 e. The number of aromatic nitrogens is 5. The summed E-state index contributed by atoms with van der Waals surface area (Å²) in [5, 5.41) is 14.4. The Kier molecular flexibility index (Phi) is 7.12. The molecule has 6 rings (SSSR count). The second-order valence-corrected chi connectivity index (χ2v) is 11.6. The van der Waals surface area contributed by atoms with Gasteiger partial charge in [-0.3, -0.25) is 14.6 Å². The van der Waals surface area contributed by atoms with Crippen LogP contribution in [0.2, 0.25) is 0 Å². The minimum absolute atomic E-state index is 0.0286. The van der Waals surface area contributed by atoms with Crippen molar-refractivity contribution in [1.82, 2.24) is 35.0 Å². The standard InChI is InChI=1S/C29H41N7O/c1-20-13-14-21(2)26-24(20)19-25(29(37)30-26)27(28-31-32-33-36(28)23-11-7-4-8-12-23)35-17-15-34(16-18-35)22-9-5-3-6-10-22/h13-14,19,22-23,27H,3-12,15-18H2,1-2H3,(H,30,37). The van der Waals surface area contributed by atoms with Crippen LogP contribution >= 0.6 is 0 Å². The Bertz CT molecular complexity index is 1280. The lowest BCUT2D eigenvalue weighted by Crippen LogP contribution is -2.52. The maximum absolute atomic E-state index is 13.7. The molecule has 198 valence electrons. The molecule has 1 aliphatic heterocycles. The number of tetrazole rings is 1. The van der Waals surface area contributed by atoms with E-state index in [-0.39, 0.29) is 11.6 Å². The zero-order valence-electron chi connectivity index (χ0n) is 22.5. The predicted molar refractivity (Wildman–Crippen MR) is 146 cm³/mol. The van der Waals surface area contributed by atoms with E-state index < -0.39 is 0 Å².